The molecule has 6 heteroatoms. The molecular weight excluding hydrogens is 301 g/mol. The molecule has 0 radical (unpaired) electrons. The van der Waals surface area contributed by atoms with Gasteiger partial charge in [0.15, 0.2) is 0 Å². The van der Waals surface area contributed by atoms with Crippen molar-refractivity contribution in [2.75, 3.05) is 0 Å². The lowest BCUT2D eigenvalue weighted by molar-refractivity contribution is 0.0697. The van der Waals surface area contributed by atoms with Crippen molar-refractivity contribution in [1.29, 1.82) is 5.26 Å². The summed E-state index contributed by atoms with van der Waals surface area (Å²) in [6, 6.07) is 10.7. The molecule has 0 fully saturated rings. The summed E-state index contributed by atoms with van der Waals surface area (Å²) in [4.78, 5) is 10.8. The third kappa shape index (κ3) is 2.85. The Morgan fingerprint density at radius 2 is 1.95 bits per heavy atom. The third-order valence-electron chi connectivity index (χ3n) is 2.48. The fourth-order valence-corrected chi connectivity index (χ4v) is 1.85. The topological polar surface area (TPSA) is 70.3 Å². The molecule has 2 rings (SSSR count). The summed E-state index contributed by atoms with van der Waals surface area (Å²) in [6.07, 6.45) is 0. The Labute approximate surface area is 124 Å². The summed E-state index contributed by atoms with van der Waals surface area (Å²) >= 11 is 11.9. The number of nitriles is 1. The highest BCUT2D eigenvalue weighted by atomic mass is 35.5. The summed E-state index contributed by atoms with van der Waals surface area (Å²) < 4.78 is 5.51. The summed E-state index contributed by atoms with van der Waals surface area (Å²) in [6.45, 7) is 0. The Balaban J connectivity index is 2.42. The Morgan fingerprint density at radius 3 is 2.60 bits per heavy atom. The van der Waals surface area contributed by atoms with Crippen LogP contribution in [0.25, 0.3) is 0 Å². The van der Waals surface area contributed by atoms with E-state index in [1.165, 1.54) is 18.2 Å². The zero-order valence-corrected chi connectivity index (χ0v) is 11.4. The van der Waals surface area contributed by atoms with Gasteiger partial charge in [0.05, 0.1) is 16.1 Å². The lowest BCUT2D eigenvalue weighted by atomic mass is 10.1. The van der Waals surface area contributed by atoms with Gasteiger partial charge in [-0.2, -0.15) is 5.26 Å². The molecule has 20 heavy (non-hydrogen) atoms. The SMILES string of the molecule is N#Cc1cc(C(=O)O)ccc1Oc1cccc(Cl)c1Cl. The van der Waals surface area contributed by atoms with Gasteiger partial charge < -0.3 is 9.84 Å². The molecule has 0 aliphatic rings. The lowest BCUT2D eigenvalue weighted by Crippen LogP contribution is -1.98. The van der Waals surface area contributed by atoms with E-state index in [9.17, 15) is 4.79 Å². The van der Waals surface area contributed by atoms with Crippen LogP contribution in [-0.4, -0.2) is 11.1 Å². The molecule has 4 nitrogen and oxygen atoms in total. The predicted molar refractivity (Wildman–Crippen MR) is 74.7 cm³/mol. The number of hydrogen-bond donors (Lipinski definition) is 1. The van der Waals surface area contributed by atoms with Gasteiger partial charge in [-0.05, 0) is 30.3 Å². The molecule has 0 aliphatic carbocycles. The third-order valence-corrected chi connectivity index (χ3v) is 3.28. The molecule has 0 heterocycles. The second kappa shape index (κ2) is 5.83. The largest absolute Gasteiger partial charge is 0.478 e. The van der Waals surface area contributed by atoms with Crippen LogP contribution >= 0.6 is 23.2 Å². The number of aromatic carboxylic acids is 1. The summed E-state index contributed by atoms with van der Waals surface area (Å²) in [7, 11) is 0. The van der Waals surface area contributed by atoms with E-state index in [2.05, 4.69) is 0 Å². The van der Waals surface area contributed by atoms with Gasteiger partial charge in [-0.25, -0.2) is 4.79 Å². The van der Waals surface area contributed by atoms with Gasteiger partial charge in [-0.15, -0.1) is 0 Å². The summed E-state index contributed by atoms with van der Waals surface area (Å²) in [5.41, 5.74) is 0.104. The van der Waals surface area contributed by atoms with Crippen molar-refractivity contribution >= 4 is 29.2 Å². The van der Waals surface area contributed by atoms with Crippen LogP contribution in [0.15, 0.2) is 36.4 Å². The minimum Gasteiger partial charge on any atom is -0.478 e. The first-order chi connectivity index (χ1) is 9.52. The summed E-state index contributed by atoms with van der Waals surface area (Å²) in [5, 5.41) is 18.5. The van der Waals surface area contributed by atoms with E-state index in [1.807, 2.05) is 6.07 Å². The minimum absolute atomic E-state index is 0.00564. The van der Waals surface area contributed by atoms with E-state index in [0.29, 0.717) is 10.8 Å². The van der Waals surface area contributed by atoms with E-state index in [0.717, 1.165) is 0 Å². The monoisotopic (exact) mass is 307 g/mol. The first kappa shape index (κ1) is 14.2. The van der Waals surface area contributed by atoms with Crippen LogP contribution in [0, 0.1) is 11.3 Å². The Hall–Kier alpha value is -2.22. The van der Waals surface area contributed by atoms with Crippen LogP contribution in [0.5, 0.6) is 11.5 Å². The van der Waals surface area contributed by atoms with E-state index >= 15 is 0 Å². The average molecular weight is 308 g/mol. The van der Waals surface area contributed by atoms with Gasteiger partial charge >= 0.3 is 5.97 Å². The Kier molecular flexibility index (Phi) is 4.14. The molecule has 0 saturated heterocycles. The molecule has 0 atom stereocenters. The average Bonchev–Trinajstić information content (AvgIpc) is 2.44. The molecule has 0 bridgehead atoms. The molecular formula is C14H7Cl2NO3. The Bertz CT molecular complexity index is 723. The van der Waals surface area contributed by atoms with Crippen molar-refractivity contribution in [1.82, 2.24) is 0 Å². The maximum Gasteiger partial charge on any atom is 0.335 e. The fraction of sp³-hybridized carbons (Fsp3) is 0. The van der Waals surface area contributed by atoms with E-state index in [4.69, 9.17) is 38.3 Å². The number of hydrogen-bond acceptors (Lipinski definition) is 3. The van der Waals surface area contributed by atoms with E-state index < -0.39 is 5.97 Å². The highest BCUT2D eigenvalue weighted by Gasteiger charge is 2.12. The van der Waals surface area contributed by atoms with Crippen molar-refractivity contribution in [3.8, 4) is 17.6 Å². The van der Waals surface area contributed by atoms with Crippen LogP contribution in [-0.2, 0) is 0 Å². The van der Waals surface area contributed by atoms with Gasteiger partial charge in [0, 0.05) is 0 Å². The number of halogens is 2. The molecule has 0 aromatic heterocycles. The quantitative estimate of drug-likeness (QED) is 0.914. The Morgan fingerprint density at radius 1 is 1.20 bits per heavy atom. The van der Waals surface area contributed by atoms with E-state index in [-0.39, 0.29) is 21.9 Å². The number of rotatable bonds is 3. The van der Waals surface area contributed by atoms with Crippen LogP contribution < -0.4 is 4.74 Å². The van der Waals surface area contributed by atoms with Crippen LogP contribution in [0.2, 0.25) is 10.0 Å². The zero-order chi connectivity index (χ0) is 14.7. The molecule has 1 N–H and O–H groups in total. The van der Waals surface area contributed by atoms with Gasteiger partial charge in [0.2, 0.25) is 0 Å². The molecule has 2 aromatic carbocycles. The molecule has 0 amide bonds. The van der Waals surface area contributed by atoms with Crippen molar-refractivity contribution in [2.45, 2.75) is 0 Å². The van der Waals surface area contributed by atoms with Crippen molar-refractivity contribution in [3.63, 3.8) is 0 Å². The fourth-order valence-electron chi connectivity index (χ4n) is 1.52. The normalized spacial score (nSPS) is 9.85. The van der Waals surface area contributed by atoms with Crippen LogP contribution in [0.4, 0.5) is 0 Å². The molecule has 0 saturated carbocycles. The number of ether oxygens (including phenoxy) is 1. The van der Waals surface area contributed by atoms with Gasteiger partial charge in [-0.1, -0.05) is 29.3 Å². The second-order valence-corrected chi connectivity index (χ2v) is 4.57. The smallest absolute Gasteiger partial charge is 0.335 e. The first-order valence-electron chi connectivity index (χ1n) is 5.42. The maximum absolute atomic E-state index is 10.8. The van der Waals surface area contributed by atoms with Gasteiger partial charge in [0.25, 0.3) is 0 Å². The number of benzene rings is 2. The minimum atomic E-state index is -1.12. The highest BCUT2D eigenvalue weighted by Crippen LogP contribution is 2.35. The number of carboxylic acid groups (broad SMARTS) is 1. The van der Waals surface area contributed by atoms with Gasteiger partial charge in [-0.3, -0.25) is 0 Å². The molecule has 0 unspecified atom stereocenters. The predicted octanol–water partition coefficient (Wildman–Crippen LogP) is 4.36. The molecule has 0 spiro atoms. The van der Waals surface area contributed by atoms with Gasteiger partial charge in [0.1, 0.15) is 22.6 Å². The molecule has 0 aliphatic heterocycles. The first-order valence-corrected chi connectivity index (χ1v) is 6.18. The number of nitrogens with zero attached hydrogens (tertiary/aromatic N) is 1. The molecule has 100 valence electrons. The van der Waals surface area contributed by atoms with Crippen LogP contribution in [0.3, 0.4) is 0 Å². The van der Waals surface area contributed by atoms with Crippen LogP contribution in [0.1, 0.15) is 15.9 Å². The zero-order valence-electron chi connectivity index (χ0n) is 9.93. The lowest BCUT2D eigenvalue weighted by Gasteiger charge is -2.10. The second-order valence-electron chi connectivity index (χ2n) is 3.78. The van der Waals surface area contributed by atoms with Crippen molar-refractivity contribution in [3.05, 3.63) is 57.6 Å². The highest BCUT2D eigenvalue weighted by molar-refractivity contribution is 6.42. The van der Waals surface area contributed by atoms with Crippen molar-refractivity contribution in [2.24, 2.45) is 0 Å². The summed E-state index contributed by atoms with van der Waals surface area (Å²) in [5.74, 6) is -0.616. The van der Waals surface area contributed by atoms with E-state index in [1.54, 1.807) is 18.2 Å². The number of carboxylic acids is 1. The standard InChI is InChI=1S/C14H7Cl2NO3/c15-10-2-1-3-12(13(10)16)20-11-5-4-8(14(18)19)6-9(11)7-17/h1-6H,(H,18,19). The maximum atomic E-state index is 10.8. The van der Waals surface area contributed by atoms with Crippen molar-refractivity contribution < 1.29 is 14.6 Å². The number of carbonyl (C=O) groups is 1. The molecule has 2 aromatic rings.